The highest BCUT2D eigenvalue weighted by Crippen LogP contribution is 2.30. The van der Waals surface area contributed by atoms with Gasteiger partial charge >= 0.3 is 0 Å². The minimum absolute atomic E-state index is 0.0644. The molecule has 2 aromatic heterocycles. The summed E-state index contributed by atoms with van der Waals surface area (Å²) in [5.74, 6) is 1.62. The monoisotopic (exact) mass is 477 g/mol. The quantitative estimate of drug-likeness (QED) is 0.433. The van der Waals surface area contributed by atoms with Crippen molar-refractivity contribution in [2.75, 3.05) is 32.2 Å². The number of anilines is 1. The number of methoxy groups -OCH3 is 2. The van der Waals surface area contributed by atoms with E-state index in [-0.39, 0.29) is 11.8 Å². The fraction of sp³-hybridized carbons (Fsp3) is 0.320. The van der Waals surface area contributed by atoms with Crippen LogP contribution >= 0.6 is 11.3 Å². The van der Waals surface area contributed by atoms with Crippen molar-refractivity contribution in [1.29, 1.82) is 0 Å². The fourth-order valence-electron chi connectivity index (χ4n) is 4.20. The van der Waals surface area contributed by atoms with E-state index in [0.717, 1.165) is 57.8 Å². The highest BCUT2D eigenvalue weighted by atomic mass is 32.1. The molecule has 1 fully saturated rings. The van der Waals surface area contributed by atoms with Crippen molar-refractivity contribution in [1.82, 2.24) is 19.9 Å². The minimum Gasteiger partial charge on any atom is -0.497 e. The van der Waals surface area contributed by atoms with Crippen LogP contribution in [-0.4, -0.2) is 47.8 Å². The van der Waals surface area contributed by atoms with E-state index in [1.807, 2.05) is 59.2 Å². The van der Waals surface area contributed by atoms with E-state index in [0.29, 0.717) is 13.1 Å². The van der Waals surface area contributed by atoms with Gasteiger partial charge in [0.05, 0.1) is 32.0 Å². The summed E-state index contributed by atoms with van der Waals surface area (Å²) < 4.78 is 12.3. The van der Waals surface area contributed by atoms with Crippen LogP contribution in [0.3, 0.4) is 0 Å². The summed E-state index contributed by atoms with van der Waals surface area (Å²) in [6.07, 6.45) is 3.78. The maximum atomic E-state index is 12.9. The number of carbonyl (C=O) groups is 1. The molecule has 1 amide bonds. The molecule has 3 heterocycles. The fourth-order valence-corrected chi connectivity index (χ4v) is 5.12. The molecule has 0 saturated carbocycles. The number of aromatic nitrogens is 3. The topological polar surface area (TPSA) is 81.0 Å². The highest BCUT2D eigenvalue weighted by Gasteiger charge is 2.28. The van der Waals surface area contributed by atoms with Gasteiger partial charge in [0.2, 0.25) is 16.0 Å². The largest absolute Gasteiger partial charge is 0.497 e. The van der Waals surface area contributed by atoms with Crippen molar-refractivity contribution in [3.8, 4) is 22.8 Å². The van der Waals surface area contributed by atoms with Gasteiger partial charge in [-0.05, 0) is 54.8 Å². The van der Waals surface area contributed by atoms with Gasteiger partial charge < -0.3 is 19.7 Å². The molecule has 0 radical (unpaired) electrons. The summed E-state index contributed by atoms with van der Waals surface area (Å²) in [6.45, 7) is 2.04. The Balaban J connectivity index is 1.23. The lowest BCUT2D eigenvalue weighted by atomic mass is 9.97. The Morgan fingerprint density at radius 3 is 2.74 bits per heavy atom. The van der Waals surface area contributed by atoms with Crippen molar-refractivity contribution >= 4 is 27.3 Å². The summed E-state index contributed by atoms with van der Waals surface area (Å²) in [6, 6.07) is 15.6. The molecule has 2 aromatic carbocycles. The molecule has 5 rings (SSSR count). The van der Waals surface area contributed by atoms with E-state index < -0.39 is 0 Å². The number of imidazole rings is 1. The molecule has 8 nitrogen and oxygen atoms in total. The van der Waals surface area contributed by atoms with Gasteiger partial charge in [0.1, 0.15) is 11.5 Å². The molecule has 1 N–H and O–H groups in total. The van der Waals surface area contributed by atoms with E-state index in [2.05, 4.69) is 10.2 Å². The van der Waals surface area contributed by atoms with Gasteiger partial charge in [-0.2, -0.15) is 0 Å². The molecule has 34 heavy (non-hydrogen) atoms. The Hall–Kier alpha value is -3.59. The molecular formula is C25H27N5O3S. The van der Waals surface area contributed by atoms with Crippen molar-refractivity contribution in [2.45, 2.75) is 19.4 Å². The molecule has 0 bridgehead atoms. The predicted molar refractivity (Wildman–Crippen MR) is 133 cm³/mol. The third-order valence-electron chi connectivity index (χ3n) is 6.08. The summed E-state index contributed by atoms with van der Waals surface area (Å²) in [7, 11) is 3.30. The molecule has 1 saturated heterocycles. The first-order valence-corrected chi connectivity index (χ1v) is 12.1. The van der Waals surface area contributed by atoms with Crippen LogP contribution in [0.25, 0.3) is 16.2 Å². The van der Waals surface area contributed by atoms with E-state index in [1.165, 1.54) is 0 Å². The molecule has 176 valence electrons. The third kappa shape index (κ3) is 4.70. The number of rotatable bonds is 7. The number of carbonyl (C=O) groups excluding carboxylic acids is 1. The highest BCUT2D eigenvalue weighted by molar-refractivity contribution is 7.20. The van der Waals surface area contributed by atoms with Crippen LogP contribution in [0.15, 0.2) is 54.7 Å². The third-order valence-corrected chi connectivity index (χ3v) is 7.07. The van der Waals surface area contributed by atoms with Crippen molar-refractivity contribution in [3.63, 3.8) is 0 Å². The normalized spacial score (nSPS) is 15.9. The van der Waals surface area contributed by atoms with Crippen LogP contribution in [0.2, 0.25) is 0 Å². The molecule has 1 unspecified atom stereocenters. The molecule has 4 aromatic rings. The van der Waals surface area contributed by atoms with Crippen molar-refractivity contribution in [3.05, 3.63) is 60.3 Å². The number of fused-ring (bicyclic) bond motifs is 1. The van der Waals surface area contributed by atoms with Gasteiger partial charge in [-0.1, -0.05) is 23.5 Å². The first kappa shape index (κ1) is 22.2. The number of hydrogen-bond donors (Lipinski definition) is 1. The Bertz CT molecular complexity index is 1250. The zero-order valence-corrected chi connectivity index (χ0v) is 20.0. The van der Waals surface area contributed by atoms with Gasteiger partial charge in [0, 0.05) is 25.2 Å². The molecule has 1 aliphatic rings. The number of hydrogen-bond acceptors (Lipinski definition) is 7. The number of amides is 1. The van der Waals surface area contributed by atoms with Crippen LogP contribution in [0.4, 0.5) is 5.13 Å². The van der Waals surface area contributed by atoms with E-state index in [1.54, 1.807) is 25.6 Å². The molecule has 1 aliphatic heterocycles. The summed E-state index contributed by atoms with van der Waals surface area (Å²) >= 11 is 1.55. The predicted octanol–water partition coefficient (Wildman–Crippen LogP) is 4.01. The minimum atomic E-state index is -0.0644. The van der Waals surface area contributed by atoms with Gasteiger partial charge in [-0.25, -0.2) is 9.50 Å². The number of ether oxygens (including phenoxy) is 2. The average Bonchev–Trinajstić information content (AvgIpc) is 3.47. The van der Waals surface area contributed by atoms with Crippen molar-refractivity contribution in [2.24, 2.45) is 5.92 Å². The average molecular weight is 478 g/mol. The van der Waals surface area contributed by atoms with Crippen LogP contribution in [0, 0.1) is 5.92 Å². The maximum Gasteiger partial charge on any atom is 0.225 e. The standard InChI is InChI=1S/C25H27N5O3S/c1-32-20-10-8-18(9-11-20)22-16-30-24(27-22)34-25(28-30)29-12-4-6-19(15-29)23(31)26-14-17-5-3-7-21(13-17)33-2/h3,5,7-11,13,16,19H,4,6,12,14-15H2,1-2H3,(H,26,31). The maximum absolute atomic E-state index is 12.9. The summed E-state index contributed by atoms with van der Waals surface area (Å²) in [4.78, 5) is 20.6. The first-order chi connectivity index (χ1) is 16.6. The van der Waals surface area contributed by atoms with Gasteiger partial charge in [0.25, 0.3) is 0 Å². The Morgan fingerprint density at radius 2 is 1.97 bits per heavy atom. The van der Waals surface area contributed by atoms with Crippen LogP contribution < -0.4 is 19.7 Å². The van der Waals surface area contributed by atoms with Gasteiger partial charge in [-0.15, -0.1) is 5.10 Å². The number of piperidine rings is 1. The van der Waals surface area contributed by atoms with E-state index >= 15 is 0 Å². The van der Waals surface area contributed by atoms with E-state index in [4.69, 9.17) is 19.6 Å². The summed E-state index contributed by atoms with van der Waals surface area (Å²) in [5.41, 5.74) is 2.92. The smallest absolute Gasteiger partial charge is 0.225 e. The lowest BCUT2D eigenvalue weighted by molar-refractivity contribution is -0.125. The SMILES string of the molecule is COc1ccc(-c2cn3nc(N4CCCC(C(=O)NCc5cccc(OC)c5)C4)sc3n2)cc1. The lowest BCUT2D eigenvalue weighted by Gasteiger charge is -2.31. The van der Waals surface area contributed by atoms with Crippen LogP contribution in [0.1, 0.15) is 18.4 Å². The second-order valence-electron chi connectivity index (χ2n) is 8.32. The number of nitrogens with zero attached hydrogens (tertiary/aromatic N) is 4. The molecule has 1 atom stereocenters. The first-order valence-electron chi connectivity index (χ1n) is 11.3. The second-order valence-corrected chi connectivity index (χ2v) is 9.26. The lowest BCUT2D eigenvalue weighted by Crippen LogP contribution is -2.43. The molecule has 0 aliphatic carbocycles. The second kappa shape index (κ2) is 9.72. The van der Waals surface area contributed by atoms with Gasteiger partial charge in [0.15, 0.2) is 0 Å². The zero-order valence-electron chi connectivity index (χ0n) is 19.2. The Morgan fingerprint density at radius 1 is 1.15 bits per heavy atom. The zero-order chi connectivity index (χ0) is 23.5. The molecule has 0 spiro atoms. The van der Waals surface area contributed by atoms with Crippen LogP contribution in [-0.2, 0) is 11.3 Å². The van der Waals surface area contributed by atoms with E-state index in [9.17, 15) is 4.79 Å². The Labute approximate surface area is 202 Å². The number of nitrogens with one attached hydrogen (secondary N) is 1. The Kier molecular flexibility index (Phi) is 6.35. The van der Waals surface area contributed by atoms with Gasteiger partial charge in [-0.3, -0.25) is 4.79 Å². The number of benzene rings is 2. The molecular weight excluding hydrogens is 450 g/mol. The van der Waals surface area contributed by atoms with Crippen molar-refractivity contribution < 1.29 is 14.3 Å². The molecule has 9 heteroatoms. The summed E-state index contributed by atoms with van der Waals surface area (Å²) in [5, 5.41) is 8.73. The van der Waals surface area contributed by atoms with Crippen LogP contribution in [0.5, 0.6) is 11.5 Å².